The van der Waals surface area contributed by atoms with Crippen LogP contribution in [0.25, 0.3) is 11.0 Å². The Morgan fingerprint density at radius 3 is 2.68 bits per heavy atom. The molecule has 2 aromatic carbocycles. The Bertz CT molecular complexity index is 851. The molecule has 0 saturated heterocycles. The Labute approximate surface area is 112 Å². The number of fused-ring (bicyclic) bond motifs is 4. The van der Waals surface area contributed by atoms with Crippen molar-refractivity contribution in [3.05, 3.63) is 59.0 Å². The van der Waals surface area contributed by atoms with Gasteiger partial charge in [0.25, 0.3) is 0 Å². The molecule has 1 aliphatic rings. The Balaban J connectivity index is 2.05. The summed E-state index contributed by atoms with van der Waals surface area (Å²) in [5.74, 6) is 1.37. The highest BCUT2D eigenvalue weighted by molar-refractivity contribution is 7.99. The summed E-state index contributed by atoms with van der Waals surface area (Å²) in [5, 5.41) is 0.819. The summed E-state index contributed by atoms with van der Waals surface area (Å²) in [7, 11) is 0. The number of rotatable bonds is 0. The molecule has 0 saturated carbocycles. The van der Waals surface area contributed by atoms with Crippen molar-refractivity contribution in [2.75, 3.05) is 0 Å². The molecule has 1 aliphatic heterocycles. The van der Waals surface area contributed by atoms with Crippen LogP contribution in [-0.2, 0) is 0 Å². The van der Waals surface area contributed by atoms with Crippen LogP contribution in [0.5, 0.6) is 11.5 Å². The lowest BCUT2D eigenvalue weighted by molar-refractivity contribution is 0.440. The van der Waals surface area contributed by atoms with Crippen LogP contribution in [0.3, 0.4) is 0 Å². The third kappa shape index (κ3) is 1.57. The standard InChI is InChI=1S/C15H8O3S/c16-15-14-13(9-5-1-2-6-10(9)18-15)17-11-7-3-4-8-12(11)19-14/h1-8H. The Morgan fingerprint density at radius 2 is 1.74 bits per heavy atom. The molecule has 0 atom stereocenters. The van der Waals surface area contributed by atoms with Crippen molar-refractivity contribution in [1.29, 1.82) is 0 Å². The van der Waals surface area contributed by atoms with Crippen LogP contribution in [0.15, 0.2) is 67.5 Å². The van der Waals surface area contributed by atoms with Gasteiger partial charge in [0.2, 0.25) is 0 Å². The highest BCUT2D eigenvalue weighted by atomic mass is 32.2. The van der Waals surface area contributed by atoms with Gasteiger partial charge in [-0.2, -0.15) is 0 Å². The lowest BCUT2D eigenvalue weighted by Crippen LogP contribution is -2.07. The van der Waals surface area contributed by atoms with Gasteiger partial charge in [-0.05, 0) is 24.3 Å². The molecule has 0 bridgehead atoms. The Morgan fingerprint density at radius 1 is 0.947 bits per heavy atom. The summed E-state index contributed by atoms with van der Waals surface area (Å²) in [6.07, 6.45) is 0. The molecule has 3 aromatic rings. The molecule has 0 amide bonds. The number of hydrogen-bond donors (Lipinski definition) is 0. The van der Waals surface area contributed by atoms with Crippen molar-refractivity contribution < 1.29 is 9.15 Å². The van der Waals surface area contributed by atoms with E-state index in [0.29, 0.717) is 16.2 Å². The molecule has 0 N–H and O–H groups in total. The fourth-order valence-corrected chi connectivity index (χ4v) is 3.08. The van der Waals surface area contributed by atoms with Crippen LogP contribution in [-0.4, -0.2) is 0 Å². The molecular formula is C15H8O3S. The van der Waals surface area contributed by atoms with Gasteiger partial charge in [-0.15, -0.1) is 0 Å². The van der Waals surface area contributed by atoms with E-state index in [1.165, 1.54) is 11.8 Å². The van der Waals surface area contributed by atoms with E-state index in [1.54, 1.807) is 6.07 Å². The molecule has 0 spiro atoms. The predicted octanol–water partition coefficient (Wildman–Crippen LogP) is 4.05. The van der Waals surface area contributed by atoms with E-state index in [2.05, 4.69) is 0 Å². The van der Waals surface area contributed by atoms with Crippen molar-refractivity contribution >= 4 is 22.7 Å². The molecule has 0 unspecified atom stereocenters. The summed E-state index contributed by atoms with van der Waals surface area (Å²) in [5.41, 5.74) is 0.194. The molecule has 4 rings (SSSR count). The molecule has 3 nitrogen and oxygen atoms in total. The topological polar surface area (TPSA) is 39.4 Å². The molecule has 0 radical (unpaired) electrons. The summed E-state index contributed by atoms with van der Waals surface area (Å²) in [6.45, 7) is 0. The van der Waals surface area contributed by atoms with Crippen LogP contribution in [0.4, 0.5) is 0 Å². The van der Waals surface area contributed by atoms with E-state index >= 15 is 0 Å². The van der Waals surface area contributed by atoms with Crippen molar-refractivity contribution in [1.82, 2.24) is 0 Å². The van der Waals surface area contributed by atoms with Gasteiger partial charge in [0.1, 0.15) is 16.2 Å². The van der Waals surface area contributed by atoms with Gasteiger partial charge in [0.15, 0.2) is 5.75 Å². The second-order valence-electron chi connectivity index (χ2n) is 4.19. The highest BCUT2D eigenvalue weighted by Crippen LogP contribution is 2.47. The fraction of sp³-hybridized carbons (Fsp3) is 0. The normalized spacial score (nSPS) is 12.6. The zero-order valence-corrected chi connectivity index (χ0v) is 10.6. The number of hydrogen-bond acceptors (Lipinski definition) is 4. The molecular weight excluding hydrogens is 260 g/mol. The largest absolute Gasteiger partial charge is 0.454 e. The van der Waals surface area contributed by atoms with Gasteiger partial charge >= 0.3 is 5.63 Å². The first-order valence-electron chi connectivity index (χ1n) is 5.83. The first-order valence-corrected chi connectivity index (χ1v) is 6.65. The van der Waals surface area contributed by atoms with Crippen LogP contribution < -0.4 is 10.4 Å². The predicted molar refractivity (Wildman–Crippen MR) is 73.1 cm³/mol. The smallest absolute Gasteiger partial charge is 0.354 e. The van der Waals surface area contributed by atoms with Crippen LogP contribution in [0.2, 0.25) is 0 Å². The summed E-state index contributed by atoms with van der Waals surface area (Å²) in [6, 6.07) is 15.1. The zero-order chi connectivity index (χ0) is 12.8. The summed E-state index contributed by atoms with van der Waals surface area (Å²) < 4.78 is 11.2. The van der Waals surface area contributed by atoms with E-state index in [1.807, 2.05) is 42.5 Å². The van der Waals surface area contributed by atoms with Crippen molar-refractivity contribution in [3.63, 3.8) is 0 Å². The molecule has 92 valence electrons. The van der Waals surface area contributed by atoms with Gasteiger partial charge in [-0.1, -0.05) is 36.0 Å². The average Bonchev–Trinajstić information content (AvgIpc) is 2.46. The van der Waals surface area contributed by atoms with E-state index in [4.69, 9.17) is 9.15 Å². The molecule has 0 fully saturated rings. The minimum atomic E-state index is -0.354. The van der Waals surface area contributed by atoms with Gasteiger partial charge < -0.3 is 9.15 Å². The van der Waals surface area contributed by atoms with E-state index < -0.39 is 0 Å². The zero-order valence-electron chi connectivity index (χ0n) is 9.75. The minimum absolute atomic E-state index is 0.354. The monoisotopic (exact) mass is 268 g/mol. The Hall–Kier alpha value is -2.20. The van der Waals surface area contributed by atoms with Gasteiger partial charge in [-0.3, -0.25) is 0 Å². The van der Waals surface area contributed by atoms with E-state index in [0.717, 1.165) is 16.0 Å². The number of benzene rings is 2. The fourth-order valence-electron chi connectivity index (χ4n) is 2.13. The third-order valence-electron chi connectivity index (χ3n) is 3.00. The number of ether oxygens (including phenoxy) is 1. The van der Waals surface area contributed by atoms with Gasteiger partial charge in [0.05, 0.1) is 10.3 Å². The quantitative estimate of drug-likeness (QED) is 0.451. The Kier molecular flexibility index (Phi) is 2.19. The van der Waals surface area contributed by atoms with Crippen LogP contribution in [0.1, 0.15) is 0 Å². The third-order valence-corrected chi connectivity index (χ3v) is 4.11. The average molecular weight is 268 g/mol. The first-order chi connectivity index (χ1) is 9.33. The molecule has 2 heterocycles. The minimum Gasteiger partial charge on any atom is -0.454 e. The van der Waals surface area contributed by atoms with Gasteiger partial charge in [0, 0.05) is 0 Å². The summed E-state index contributed by atoms with van der Waals surface area (Å²) >= 11 is 1.39. The van der Waals surface area contributed by atoms with E-state index in [-0.39, 0.29) is 5.63 Å². The van der Waals surface area contributed by atoms with Crippen molar-refractivity contribution in [3.8, 4) is 11.5 Å². The van der Waals surface area contributed by atoms with Crippen molar-refractivity contribution in [2.24, 2.45) is 0 Å². The van der Waals surface area contributed by atoms with Crippen LogP contribution >= 0.6 is 11.8 Å². The maximum atomic E-state index is 12.0. The molecule has 19 heavy (non-hydrogen) atoms. The highest BCUT2D eigenvalue weighted by Gasteiger charge is 2.24. The second kappa shape index (κ2) is 3.90. The lowest BCUT2D eigenvalue weighted by Gasteiger charge is -2.19. The maximum absolute atomic E-state index is 12.0. The maximum Gasteiger partial charge on any atom is 0.354 e. The first kappa shape index (κ1) is 10.7. The van der Waals surface area contributed by atoms with E-state index in [9.17, 15) is 4.79 Å². The van der Waals surface area contributed by atoms with Gasteiger partial charge in [-0.25, -0.2) is 4.79 Å². The molecule has 4 heteroatoms. The lowest BCUT2D eigenvalue weighted by atomic mass is 10.2. The van der Waals surface area contributed by atoms with Crippen LogP contribution in [0, 0.1) is 0 Å². The SMILES string of the molecule is O=c1oc2ccccc2c2c1Sc1ccccc1O2. The number of para-hydroxylation sites is 2. The molecule has 1 aromatic heterocycles. The molecule has 0 aliphatic carbocycles. The second-order valence-corrected chi connectivity index (χ2v) is 5.25. The van der Waals surface area contributed by atoms with Crippen molar-refractivity contribution in [2.45, 2.75) is 9.79 Å². The summed E-state index contributed by atoms with van der Waals surface area (Å²) in [4.78, 5) is 13.5.